The standard InChI is InChI=1S/C18H20N8O/c1-3-19-18-20-12-15-16(22-18)24(2)9-10-25(17(15)27)13-5-4-6-14(11-13)26-8-7-21-23-26/h4-8,11-12H,3,9-10H2,1-2H3,(H,19,20,22). The van der Waals surface area contributed by atoms with Gasteiger partial charge in [-0.1, -0.05) is 11.3 Å². The fourth-order valence-corrected chi connectivity index (χ4v) is 3.06. The normalized spacial score (nSPS) is 14.1. The Morgan fingerprint density at radius 1 is 1.22 bits per heavy atom. The van der Waals surface area contributed by atoms with Crippen LogP contribution in [0.1, 0.15) is 17.3 Å². The van der Waals surface area contributed by atoms with E-state index in [1.54, 1.807) is 28.2 Å². The van der Waals surface area contributed by atoms with E-state index in [4.69, 9.17) is 0 Å². The zero-order chi connectivity index (χ0) is 18.8. The number of carbonyl (C=O) groups excluding carboxylic acids is 1. The Morgan fingerprint density at radius 2 is 2.07 bits per heavy atom. The Hall–Kier alpha value is -3.49. The van der Waals surface area contributed by atoms with Gasteiger partial charge in [0.15, 0.2) is 0 Å². The van der Waals surface area contributed by atoms with Gasteiger partial charge < -0.3 is 15.1 Å². The van der Waals surface area contributed by atoms with E-state index in [0.29, 0.717) is 30.4 Å². The molecule has 3 aromatic rings. The van der Waals surface area contributed by atoms with Gasteiger partial charge in [-0.15, -0.1) is 5.10 Å². The number of hydrogen-bond donors (Lipinski definition) is 1. The van der Waals surface area contributed by atoms with Gasteiger partial charge in [-0.25, -0.2) is 9.67 Å². The molecule has 0 aliphatic carbocycles. The number of benzene rings is 1. The molecule has 1 aromatic carbocycles. The van der Waals surface area contributed by atoms with Crippen LogP contribution in [0.25, 0.3) is 5.69 Å². The molecule has 2 aromatic heterocycles. The second-order valence-corrected chi connectivity index (χ2v) is 6.21. The summed E-state index contributed by atoms with van der Waals surface area (Å²) in [6, 6.07) is 7.66. The van der Waals surface area contributed by atoms with E-state index < -0.39 is 0 Å². The quantitative estimate of drug-likeness (QED) is 0.751. The van der Waals surface area contributed by atoms with Gasteiger partial charge in [-0.3, -0.25) is 4.79 Å². The maximum absolute atomic E-state index is 13.2. The van der Waals surface area contributed by atoms with E-state index in [9.17, 15) is 4.79 Å². The predicted molar refractivity (Wildman–Crippen MR) is 103 cm³/mol. The lowest BCUT2D eigenvalue weighted by atomic mass is 10.2. The SMILES string of the molecule is CCNc1ncc2c(n1)N(C)CCN(c1cccc(-n3ccnn3)c1)C2=O. The molecule has 0 bridgehead atoms. The van der Waals surface area contributed by atoms with Crippen molar-refractivity contribution in [1.82, 2.24) is 25.0 Å². The van der Waals surface area contributed by atoms with Crippen LogP contribution in [0.5, 0.6) is 0 Å². The molecule has 9 nitrogen and oxygen atoms in total. The third-order valence-electron chi connectivity index (χ3n) is 4.43. The topological polar surface area (TPSA) is 92.1 Å². The van der Waals surface area contributed by atoms with Gasteiger partial charge in [-0.2, -0.15) is 4.98 Å². The largest absolute Gasteiger partial charge is 0.357 e. The summed E-state index contributed by atoms with van der Waals surface area (Å²) >= 11 is 0. The molecular weight excluding hydrogens is 344 g/mol. The number of carbonyl (C=O) groups is 1. The van der Waals surface area contributed by atoms with Crippen LogP contribution >= 0.6 is 0 Å². The van der Waals surface area contributed by atoms with Crippen LogP contribution in [-0.4, -0.2) is 57.6 Å². The lowest BCUT2D eigenvalue weighted by molar-refractivity contribution is 0.0989. The maximum atomic E-state index is 13.2. The van der Waals surface area contributed by atoms with Gasteiger partial charge in [0.2, 0.25) is 5.95 Å². The number of nitrogens with one attached hydrogen (secondary N) is 1. The molecule has 0 atom stereocenters. The highest BCUT2D eigenvalue weighted by Gasteiger charge is 2.28. The van der Waals surface area contributed by atoms with Crippen molar-refractivity contribution in [3.8, 4) is 5.69 Å². The van der Waals surface area contributed by atoms with Crippen LogP contribution in [0.3, 0.4) is 0 Å². The number of amides is 1. The molecule has 0 unspecified atom stereocenters. The zero-order valence-corrected chi connectivity index (χ0v) is 15.2. The van der Waals surface area contributed by atoms with E-state index in [-0.39, 0.29) is 5.91 Å². The summed E-state index contributed by atoms with van der Waals surface area (Å²) in [4.78, 5) is 25.7. The molecular formula is C18H20N8O. The van der Waals surface area contributed by atoms with Gasteiger partial charge in [0, 0.05) is 38.6 Å². The Kier molecular flexibility index (Phi) is 4.41. The molecule has 1 amide bonds. The number of anilines is 3. The first-order valence-corrected chi connectivity index (χ1v) is 8.78. The molecule has 0 radical (unpaired) electrons. The zero-order valence-electron chi connectivity index (χ0n) is 15.2. The third-order valence-corrected chi connectivity index (χ3v) is 4.43. The number of nitrogens with zero attached hydrogens (tertiary/aromatic N) is 7. The summed E-state index contributed by atoms with van der Waals surface area (Å²) in [6.07, 6.45) is 4.98. The number of hydrogen-bond acceptors (Lipinski definition) is 7. The highest BCUT2D eigenvalue weighted by molar-refractivity contribution is 6.09. The van der Waals surface area contributed by atoms with Crippen molar-refractivity contribution in [3.05, 3.63) is 48.4 Å². The van der Waals surface area contributed by atoms with Crippen LogP contribution < -0.4 is 15.1 Å². The highest BCUT2D eigenvalue weighted by atomic mass is 16.2. The first kappa shape index (κ1) is 17.0. The van der Waals surface area contributed by atoms with Crippen molar-refractivity contribution in [1.29, 1.82) is 0 Å². The van der Waals surface area contributed by atoms with Gasteiger partial charge in [-0.05, 0) is 25.1 Å². The summed E-state index contributed by atoms with van der Waals surface area (Å²) in [6.45, 7) is 3.91. The first-order chi connectivity index (χ1) is 13.2. The molecule has 138 valence electrons. The van der Waals surface area contributed by atoms with E-state index >= 15 is 0 Å². The molecule has 0 saturated carbocycles. The van der Waals surface area contributed by atoms with Crippen molar-refractivity contribution >= 4 is 23.4 Å². The van der Waals surface area contributed by atoms with Gasteiger partial charge in [0.1, 0.15) is 11.4 Å². The Bertz CT molecular complexity index is 956. The van der Waals surface area contributed by atoms with Crippen LogP contribution in [0.4, 0.5) is 17.5 Å². The summed E-state index contributed by atoms with van der Waals surface area (Å²) < 4.78 is 1.66. The third kappa shape index (κ3) is 3.19. The summed E-state index contributed by atoms with van der Waals surface area (Å²) in [5, 5.41) is 10.9. The monoisotopic (exact) mass is 364 g/mol. The van der Waals surface area contributed by atoms with Crippen molar-refractivity contribution in [2.24, 2.45) is 0 Å². The number of likely N-dealkylation sites (N-methyl/N-ethyl adjacent to an activating group) is 1. The first-order valence-electron chi connectivity index (χ1n) is 8.78. The molecule has 1 N–H and O–H groups in total. The number of rotatable bonds is 4. The minimum Gasteiger partial charge on any atom is -0.357 e. The van der Waals surface area contributed by atoms with Crippen molar-refractivity contribution in [2.75, 3.05) is 41.8 Å². The molecule has 1 aliphatic heterocycles. The van der Waals surface area contributed by atoms with Crippen molar-refractivity contribution in [3.63, 3.8) is 0 Å². The average Bonchev–Trinajstić information content (AvgIpc) is 3.19. The van der Waals surface area contributed by atoms with E-state index in [1.165, 1.54) is 0 Å². The second-order valence-electron chi connectivity index (χ2n) is 6.21. The molecule has 9 heteroatoms. The Labute approximate surface area is 156 Å². The van der Waals surface area contributed by atoms with Crippen LogP contribution in [0, 0.1) is 0 Å². The van der Waals surface area contributed by atoms with Crippen molar-refractivity contribution < 1.29 is 4.79 Å². The van der Waals surface area contributed by atoms with E-state index in [1.807, 2.05) is 43.1 Å². The minimum atomic E-state index is -0.117. The Morgan fingerprint density at radius 3 is 2.85 bits per heavy atom. The van der Waals surface area contributed by atoms with Crippen LogP contribution in [0.15, 0.2) is 42.9 Å². The van der Waals surface area contributed by atoms with Gasteiger partial charge in [0.25, 0.3) is 5.91 Å². The summed E-state index contributed by atoms with van der Waals surface area (Å²) in [5.74, 6) is 1.05. The molecule has 0 saturated heterocycles. The summed E-state index contributed by atoms with van der Waals surface area (Å²) in [7, 11) is 1.93. The van der Waals surface area contributed by atoms with Gasteiger partial charge in [0.05, 0.1) is 18.1 Å². The molecule has 1 aliphatic rings. The van der Waals surface area contributed by atoms with E-state index in [2.05, 4.69) is 25.6 Å². The fraction of sp³-hybridized carbons (Fsp3) is 0.278. The maximum Gasteiger partial charge on any atom is 0.263 e. The molecule has 0 fully saturated rings. The number of fused-ring (bicyclic) bond motifs is 1. The lowest BCUT2D eigenvalue weighted by Crippen LogP contribution is -2.33. The number of aromatic nitrogens is 5. The van der Waals surface area contributed by atoms with Crippen molar-refractivity contribution in [2.45, 2.75) is 6.92 Å². The molecule has 27 heavy (non-hydrogen) atoms. The predicted octanol–water partition coefficient (Wildman–Crippen LogP) is 1.59. The molecule has 4 rings (SSSR count). The Balaban J connectivity index is 1.71. The van der Waals surface area contributed by atoms with Crippen LogP contribution in [0.2, 0.25) is 0 Å². The second kappa shape index (κ2) is 7.02. The smallest absolute Gasteiger partial charge is 0.263 e. The van der Waals surface area contributed by atoms with Crippen LogP contribution in [-0.2, 0) is 0 Å². The minimum absolute atomic E-state index is 0.117. The van der Waals surface area contributed by atoms with Gasteiger partial charge >= 0.3 is 0 Å². The highest BCUT2D eigenvalue weighted by Crippen LogP contribution is 2.27. The average molecular weight is 364 g/mol. The molecule has 0 spiro atoms. The lowest BCUT2D eigenvalue weighted by Gasteiger charge is -2.21. The van der Waals surface area contributed by atoms with E-state index in [0.717, 1.165) is 17.9 Å². The fourth-order valence-electron chi connectivity index (χ4n) is 3.06. The summed E-state index contributed by atoms with van der Waals surface area (Å²) in [5.41, 5.74) is 2.13. The molecule has 3 heterocycles.